The summed E-state index contributed by atoms with van der Waals surface area (Å²) < 4.78 is 10.2. The van der Waals surface area contributed by atoms with Crippen LogP contribution in [0.25, 0.3) is 0 Å². The van der Waals surface area contributed by atoms with Gasteiger partial charge < -0.3 is 15.2 Å². The highest BCUT2D eigenvalue weighted by Gasteiger charge is 2.05. The van der Waals surface area contributed by atoms with Gasteiger partial charge >= 0.3 is 0 Å². The Bertz CT molecular complexity index is 336. The predicted octanol–water partition coefficient (Wildman–Crippen LogP) is 0.868. The zero-order valence-corrected chi connectivity index (χ0v) is 8.24. The van der Waals surface area contributed by atoms with E-state index in [0.29, 0.717) is 11.5 Å². The van der Waals surface area contributed by atoms with Gasteiger partial charge in [-0.2, -0.15) is 0 Å². The lowest BCUT2D eigenvalue weighted by Gasteiger charge is -2.09. The first kappa shape index (κ1) is 10.4. The van der Waals surface area contributed by atoms with Crippen molar-refractivity contribution in [2.75, 3.05) is 13.7 Å². The number of ether oxygens (including phenoxy) is 2. The Hall–Kier alpha value is -1.71. The first-order valence-electron chi connectivity index (χ1n) is 4.19. The lowest BCUT2D eigenvalue weighted by molar-refractivity contribution is -0.119. The van der Waals surface area contributed by atoms with E-state index in [9.17, 15) is 4.79 Å². The summed E-state index contributed by atoms with van der Waals surface area (Å²) >= 11 is 0. The van der Waals surface area contributed by atoms with Crippen LogP contribution in [0.5, 0.6) is 11.5 Å². The van der Waals surface area contributed by atoms with Gasteiger partial charge in [0.2, 0.25) is 0 Å². The third-order valence-electron chi connectivity index (χ3n) is 1.69. The number of rotatable bonds is 4. The Kier molecular flexibility index (Phi) is 3.34. The van der Waals surface area contributed by atoms with Gasteiger partial charge in [-0.15, -0.1) is 0 Å². The van der Waals surface area contributed by atoms with E-state index >= 15 is 0 Å². The lowest BCUT2D eigenvalue weighted by Crippen LogP contribution is -2.20. The Morgan fingerprint density at radius 3 is 2.71 bits per heavy atom. The standard InChI is InChI=1S/C10H13NO3/c1-7-3-4-8(9(5-7)13-2)14-6-10(11)12/h3-5H,6H2,1-2H3,(H2,11,12). The first-order chi connectivity index (χ1) is 6.63. The molecule has 0 saturated heterocycles. The van der Waals surface area contributed by atoms with Crippen molar-refractivity contribution in [3.8, 4) is 11.5 Å². The second-order valence-corrected chi connectivity index (χ2v) is 2.91. The van der Waals surface area contributed by atoms with E-state index in [-0.39, 0.29) is 6.61 Å². The molecular weight excluding hydrogens is 182 g/mol. The average Bonchev–Trinajstić information content (AvgIpc) is 2.15. The molecule has 0 heterocycles. The Morgan fingerprint density at radius 2 is 2.14 bits per heavy atom. The maximum atomic E-state index is 10.5. The molecule has 14 heavy (non-hydrogen) atoms. The van der Waals surface area contributed by atoms with Crippen molar-refractivity contribution in [3.05, 3.63) is 23.8 Å². The summed E-state index contributed by atoms with van der Waals surface area (Å²) in [7, 11) is 1.55. The smallest absolute Gasteiger partial charge is 0.255 e. The normalized spacial score (nSPS) is 9.57. The van der Waals surface area contributed by atoms with Gasteiger partial charge in [-0.25, -0.2) is 0 Å². The molecule has 0 aliphatic rings. The summed E-state index contributed by atoms with van der Waals surface area (Å²) in [6.45, 7) is 1.81. The van der Waals surface area contributed by atoms with Crippen molar-refractivity contribution >= 4 is 5.91 Å². The first-order valence-corrected chi connectivity index (χ1v) is 4.19. The van der Waals surface area contributed by atoms with E-state index in [1.54, 1.807) is 13.2 Å². The Labute approximate surface area is 82.6 Å². The molecule has 1 aromatic carbocycles. The minimum Gasteiger partial charge on any atom is -0.493 e. The maximum Gasteiger partial charge on any atom is 0.255 e. The van der Waals surface area contributed by atoms with Crippen molar-refractivity contribution in [2.45, 2.75) is 6.92 Å². The number of primary amides is 1. The molecule has 1 rings (SSSR count). The number of carbonyl (C=O) groups excluding carboxylic acids is 1. The molecule has 1 aromatic rings. The molecule has 0 aromatic heterocycles. The monoisotopic (exact) mass is 195 g/mol. The van der Waals surface area contributed by atoms with Crippen LogP contribution in [0.4, 0.5) is 0 Å². The zero-order valence-electron chi connectivity index (χ0n) is 8.24. The van der Waals surface area contributed by atoms with E-state index in [0.717, 1.165) is 5.56 Å². The van der Waals surface area contributed by atoms with Crippen LogP contribution >= 0.6 is 0 Å². The number of nitrogens with two attached hydrogens (primary N) is 1. The maximum absolute atomic E-state index is 10.5. The van der Waals surface area contributed by atoms with Crippen molar-refractivity contribution in [1.82, 2.24) is 0 Å². The molecule has 1 amide bonds. The molecule has 76 valence electrons. The fourth-order valence-electron chi connectivity index (χ4n) is 1.04. The fourth-order valence-corrected chi connectivity index (χ4v) is 1.04. The number of methoxy groups -OCH3 is 1. The predicted molar refractivity (Wildman–Crippen MR) is 52.4 cm³/mol. The largest absolute Gasteiger partial charge is 0.493 e. The fraction of sp³-hybridized carbons (Fsp3) is 0.300. The van der Waals surface area contributed by atoms with Crippen molar-refractivity contribution in [1.29, 1.82) is 0 Å². The quantitative estimate of drug-likeness (QED) is 0.775. The van der Waals surface area contributed by atoms with Crippen LogP contribution in [0.3, 0.4) is 0 Å². The minimum absolute atomic E-state index is 0.139. The molecule has 2 N–H and O–H groups in total. The van der Waals surface area contributed by atoms with E-state index in [1.165, 1.54) is 0 Å². The molecule has 0 aliphatic heterocycles. The number of carbonyl (C=O) groups is 1. The van der Waals surface area contributed by atoms with Gasteiger partial charge in [0.05, 0.1) is 7.11 Å². The van der Waals surface area contributed by atoms with Crippen molar-refractivity contribution in [2.24, 2.45) is 5.73 Å². The summed E-state index contributed by atoms with van der Waals surface area (Å²) in [6, 6.07) is 5.45. The van der Waals surface area contributed by atoms with Crippen LogP contribution in [-0.4, -0.2) is 19.6 Å². The number of aryl methyl sites for hydroxylation is 1. The van der Waals surface area contributed by atoms with Gasteiger partial charge in [-0.05, 0) is 24.6 Å². The molecule has 0 fully saturated rings. The molecule has 4 heteroatoms. The highest BCUT2D eigenvalue weighted by molar-refractivity contribution is 5.75. The molecule has 0 unspecified atom stereocenters. The van der Waals surface area contributed by atoms with E-state index in [4.69, 9.17) is 15.2 Å². The molecule has 0 radical (unpaired) electrons. The van der Waals surface area contributed by atoms with Gasteiger partial charge in [-0.1, -0.05) is 6.07 Å². The second kappa shape index (κ2) is 4.50. The van der Waals surface area contributed by atoms with Gasteiger partial charge in [-0.3, -0.25) is 4.79 Å². The average molecular weight is 195 g/mol. The van der Waals surface area contributed by atoms with E-state index in [1.807, 2.05) is 19.1 Å². The second-order valence-electron chi connectivity index (χ2n) is 2.91. The van der Waals surface area contributed by atoms with Crippen LogP contribution < -0.4 is 15.2 Å². The molecule has 0 atom stereocenters. The van der Waals surface area contributed by atoms with Crippen LogP contribution in [-0.2, 0) is 4.79 Å². The van der Waals surface area contributed by atoms with E-state index in [2.05, 4.69) is 0 Å². The summed E-state index contributed by atoms with van der Waals surface area (Å²) in [5, 5.41) is 0. The topological polar surface area (TPSA) is 61.6 Å². The van der Waals surface area contributed by atoms with Gasteiger partial charge in [0, 0.05) is 0 Å². The number of benzene rings is 1. The Balaban J connectivity index is 2.80. The Morgan fingerprint density at radius 1 is 1.43 bits per heavy atom. The number of hydrogen-bond acceptors (Lipinski definition) is 3. The van der Waals surface area contributed by atoms with Crippen LogP contribution in [0.2, 0.25) is 0 Å². The van der Waals surface area contributed by atoms with Gasteiger partial charge in [0.25, 0.3) is 5.91 Å². The summed E-state index contributed by atoms with van der Waals surface area (Å²) in [5.41, 5.74) is 6.02. The van der Waals surface area contributed by atoms with Gasteiger partial charge in [0.15, 0.2) is 18.1 Å². The molecule has 0 spiro atoms. The zero-order chi connectivity index (χ0) is 10.6. The van der Waals surface area contributed by atoms with Gasteiger partial charge in [0.1, 0.15) is 0 Å². The highest BCUT2D eigenvalue weighted by atomic mass is 16.5. The third-order valence-corrected chi connectivity index (χ3v) is 1.69. The number of amides is 1. The summed E-state index contributed by atoms with van der Waals surface area (Å²) in [6.07, 6.45) is 0. The van der Waals surface area contributed by atoms with Crippen molar-refractivity contribution in [3.63, 3.8) is 0 Å². The lowest BCUT2D eigenvalue weighted by atomic mass is 10.2. The molecule has 0 saturated carbocycles. The van der Waals surface area contributed by atoms with Crippen molar-refractivity contribution < 1.29 is 14.3 Å². The van der Waals surface area contributed by atoms with E-state index < -0.39 is 5.91 Å². The number of hydrogen-bond donors (Lipinski definition) is 1. The molecular formula is C10H13NO3. The third kappa shape index (κ3) is 2.65. The summed E-state index contributed by atoms with van der Waals surface area (Å²) in [4.78, 5) is 10.5. The molecule has 0 bridgehead atoms. The highest BCUT2D eigenvalue weighted by Crippen LogP contribution is 2.27. The van der Waals surface area contributed by atoms with Crippen LogP contribution in [0.15, 0.2) is 18.2 Å². The van der Waals surface area contributed by atoms with Crippen LogP contribution in [0, 0.1) is 6.92 Å². The summed E-state index contributed by atoms with van der Waals surface area (Å²) in [5.74, 6) is 0.621. The molecule has 4 nitrogen and oxygen atoms in total. The minimum atomic E-state index is -0.507. The molecule has 0 aliphatic carbocycles. The van der Waals surface area contributed by atoms with Crippen LogP contribution in [0.1, 0.15) is 5.56 Å². The SMILES string of the molecule is COc1cc(C)ccc1OCC(N)=O.